The molecule has 0 unspecified atom stereocenters. The van der Waals surface area contributed by atoms with Gasteiger partial charge in [-0.15, -0.1) is 0 Å². The standard InChI is InChI=1S/C13H12O5/c1-16-11-6-8(10-4-3-5-18-10)9(13(14)15)7-12(11)17-2/h3-7H,1-2H3,(H,14,15). The molecular weight excluding hydrogens is 236 g/mol. The summed E-state index contributed by atoms with van der Waals surface area (Å²) in [6.45, 7) is 0. The SMILES string of the molecule is COc1cc(C(=O)O)c(-c2ccco2)cc1OC. The summed E-state index contributed by atoms with van der Waals surface area (Å²) >= 11 is 0. The Labute approximate surface area is 104 Å². The highest BCUT2D eigenvalue weighted by Gasteiger charge is 2.18. The molecule has 0 saturated heterocycles. The second kappa shape index (κ2) is 4.83. The molecule has 2 aromatic rings. The maximum atomic E-state index is 11.2. The molecule has 0 spiro atoms. The van der Waals surface area contributed by atoms with Gasteiger partial charge in [-0.05, 0) is 24.3 Å². The number of hydrogen-bond acceptors (Lipinski definition) is 4. The smallest absolute Gasteiger partial charge is 0.336 e. The number of hydrogen-bond donors (Lipinski definition) is 1. The predicted octanol–water partition coefficient (Wildman–Crippen LogP) is 2.66. The highest BCUT2D eigenvalue weighted by atomic mass is 16.5. The summed E-state index contributed by atoms with van der Waals surface area (Å²) in [4.78, 5) is 11.2. The first-order valence-electron chi connectivity index (χ1n) is 5.20. The molecule has 0 radical (unpaired) electrons. The van der Waals surface area contributed by atoms with E-state index in [0.29, 0.717) is 22.8 Å². The Morgan fingerprint density at radius 1 is 1.22 bits per heavy atom. The van der Waals surface area contributed by atoms with Crippen LogP contribution in [0.1, 0.15) is 10.4 Å². The summed E-state index contributed by atoms with van der Waals surface area (Å²) < 4.78 is 15.5. The maximum Gasteiger partial charge on any atom is 0.336 e. The highest BCUT2D eigenvalue weighted by molar-refractivity contribution is 5.96. The third-order valence-corrected chi connectivity index (χ3v) is 2.54. The Hall–Kier alpha value is -2.43. The van der Waals surface area contributed by atoms with E-state index in [0.717, 1.165) is 0 Å². The van der Waals surface area contributed by atoms with Gasteiger partial charge in [-0.25, -0.2) is 4.79 Å². The summed E-state index contributed by atoms with van der Waals surface area (Å²) in [5, 5.41) is 9.21. The van der Waals surface area contributed by atoms with Crippen LogP contribution in [0.2, 0.25) is 0 Å². The molecule has 1 aromatic heterocycles. The molecular formula is C13H12O5. The molecule has 1 N–H and O–H groups in total. The minimum Gasteiger partial charge on any atom is -0.493 e. The van der Waals surface area contributed by atoms with Crippen LogP contribution in [0, 0.1) is 0 Å². The number of ether oxygens (including phenoxy) is 2. The first-order valence-corrected chi connectivity index (χ1v) is 5.20. The first-order chi connectivity index (χ1) is 8.67. The second-order valence-corrected chi connectivity index (χ2v) is 3.54. The zero-order valence-electron chi connectivity index (χ0n) is 9.97. The Balaban J connectivity index is 2.66. The molecule has 0 aliphatic rings. The fourth-order valence-corrected chi connectivity index (χ4v) is 1.69. The third kappa shape index (κ3) is 2.02. The van der Waals surface area contributed by atoms with Crippen molar-refractivity contribution in [1.29, 1.82) is 0 Å². The monoisotopic (exact) mass is 248 g/mol. The minimum atomic E-state index is -1.05. The van der Waals surface area contributed by atoms with E-state index in [1.54, 1.807) is 18.2 Å². The van der Waals surface area contributed by atoms with Gasteiger partial charge in [0, 0.05) is 5.56 Å². The van der Waals surface area contributed by atoms with E-state index >= 15 is 0 Å². The zero-order chi connectivity index (χ0) is 13.1. The summed E-state index contributed by atoms with van der Waals surface area (Å²) in [6, 6.07) is 6.38. The molecule has 0 fully saturated rings. The van der Waals surface area contributed by atoms with Crippen LogP contribution in [0.5, 0.6) is 11.5 Å². The molecule has 2 rings (SSSR count). The van der Waals surface area contributed by atoms with Crippen LogP contribution in [-0.4, -0.2) is 25.3 Å². The number of methoxy groups -OCH3 is 2. The molecule has 0 amide bonds. The average molecular weight is 248 g/mol. The number of benzene rings is 1. The Kier molecular flexibility index (Phi) is 3.23. The molecule has 0 aliphatic heterocycles. The topological polar surface area (TPSA) is 68.9 Å². The van der Waals surface area contributed by atoms with Gasteiger partial charge in [0.05, 0.1) is 26.0 Å². The van der Waals surface area contributed by atoms with Gasteiger partial charge >= 0.3 is 5.97 Å². The van der Waals surface area contributed by atoms with Crippen LogP contribution in [-0.2, 0) is 0 Å². The summed E-state index contributed by atoms with van der Waals surface area (Å²) in [7, 11) is 2.94. The van der Waals surface area contributed by atoms with Gasteiger partial charge in [-0.1, -0.05) is 0 Å². The van der Waals surface area contributed by atoms with E-state index in [9.17, 15) is 9.90 Å². The third-order valence-electron chi connectivity index (χ3n) is 2.54. The Bertz CT molecular complexity index is 557. The van der Waals surface area contributed by atoms with E-state index < -0.39 is 5.97 Å². The summed E-state index contributed by atoms with van der Waals surface area (Å²) in [5.41, 5.74) is 0.549. The lowest BCUT2D eigenvalue weighted by Crippen LogP contribution is -2.01. The van der Waals surface area contributed by atoms with E-state index in [1.165, 1.54) is 26.5 Å². The van der Waals surface area contributed by atoms with Gasteiger partial charge in [0.2, 0.25) is 0 Å². The molecule has 1 aromatic carbocycles. The van der Waals surface area contributed by atoms with Crippen molar-refractivity contribution in [2.24, 2.45) is 0 Å². The van der Waals surface area contributed by atoms with Crippen LogP contribution in [0.15, 0.2) is 34.9 Å². The van der Waals surface area contributed by atoms with Crippen molar-refractivity contribution in [3.63, 3.8) is 0 Å². The van der Waals surface area contributed by atoms with Crippen molar-refractivity contribution in [3.05, 3.63) is 36.1 Å². The Morgan fingerprint density at radius 3 is 2.39 bits per heavy atom. The summed E-state index contributed by atoms with van der Waals surface area (Å²) in [5.74, 6) is 0.231. The molecule has 5 heteroatoms. The van der Waals surface area contributed by atoms with E-state index in [2.05, 4.69) is 0 Å². The maximum absolute atomic E-state index is 11.2. The number of carboxylic acids is 1. The van der Waals surface area contributed by atoms with Crippen LogP contribution in [0.3, 0.4) is 0 Å². The second-order valence-electron chi connectivity index (χ2n) is 3.54. The number of rotatable bonds is 4. The van der Waals surface area contributed by atoms with Gasteiger partial charge < -0.3 is 19.0 Å². The first kappa shape index (κ1) is 12.0. The van der Waals surface area contributed by atoms with E-state index in [4.69, 9.17) is 13.9 Å². The average Bonchev–Trinajstić information content (AvgIpc) is 2.90. The minimum absolute atomic E-state index is 0.0996. The Morgan fingerprint density at radius 2 is 1.89 bits per heavy atom. The lowest BCUT2D eigenvalue weighted by atomic mass is 10.0. The molecule has 18 heavy (non-hydrogen) atoms. The molecule has 0 aliphatic carbocycles. The molecule has 94 valence electrons. The fraction of sp³-hybridized carbons (Fsp3) is 0.154. The lowest BCUT2D eigenvalue weighted by Gasteiger charge is -2.11. The van der Waals surface area contributed by atoms with Crippen molar-refractivity contribution >= 4 is 5.97 Å². The quantitative estimate of drug-likeness (QED) is 0.900. The molecule has 1 heterocycles. The molecule has 0 bridgehead atoms. The largest absolute Gasteiger partial charge is 0.493 e. The number of carbonyl (C=O) groups is 1. The number of carboxylic acid groups (broad SMARTS) is 1. The molecule has 0 saturated carbocycles. The van der Waals surface area contributed by atoms with Crippen molar-refractivity contribution < 1.29 is 23.8 Å². The van der Waals surface area contributed by atoms with Gasteiger partial charge in [-0.2, -0.15) is 0 Å². The van der Waals surface area contributed by atoms with Crippen LogP contribution in [0.25, 0.3) is 11.3 Å². The van der Waals surface area contributed by atoms with Gasteiger partial charge in [0.1, 0.15) is 5.76 Å². The summed E-state index contributed by atoms with van der Waals surface area (Å²) in [6.07, 6.45) is 1.48. The highest BCUT2D eigenvalue weighted by Crippen LogP contribution is 2.35. The van der Waals surface area contributed by atoms with E-state index in [-0.39, 0.29) is 5.56 Å². The van der Waals surface area contributed by atoms with Crippen LogP contribution >= 0.6 is 0 Å². The normalized spacial score (nSPS) is 10.1. The van der Waals surface area contributed by atoms with Gasteiger partial charge in [0.25, 0.3) is 0 Å². The lowest BCUT2D eigenvalue weighted by molar-refractivity contribution is 0.0697. The van der Waals surface area contributed by atoms with Crippen molar-refractivity contribution in [3.8, 4) is 22.8 Å². The number of aromatic carboxylic acids is 1. The van der Waals surface area contributed by atoms with Gasteiger partial charge in [0.15, 0.2) is 11.5 Å². The van der Waals surface area contributed by atoms with E-state index in [1.807, 2.05) is 0 Å². The van der Waals surface area contributed by atoms with Crippen molar-refractivity contribution in [2.75, 3.05) is 14.2 Å². The number of furan rings is 1. The predicted molar refractivity (Wildman–Crippen MR) is 64.2 cm³/mol. The van der Waals surface area contributed by atoms with Crippen molar-refractivity contribution in [2.45, 2.75) is 0 Å². The van der Waals surface area contributed by atoms with Crippen LogP contribution < -0.4 is 9.47 Å². The zero-order valence-corrected chi connectivity index (χ0v) is 9.97. The molecule has 5 nitrogen and oxygen atoms in total. The van der Waals surface area contributed by atoms with Crippen molar-refractivity contribution in [1.82, 2.24) is 0 Å². The molecule has 0 atom stereocenters. The van der Waals surface area contributed by atoms with Gasteiger partial charge in [-0.3, -0.25) is 0 Å². The fourth-order valence-electron chi connectivity index (χ4n) is 1.69. The van der Waals surface area contributed by atoms with Crippen LogP contribution in [0.4, 0.5) is 0 Å².